The Morgan fingerprint density at radius 1 is 0.951 bits per heavy atom. The zero-order valence-electron chi connectivity index (χ0n) is 23.0. The van der Waals surface area contributed by atoms with Crippen LogP contribution in [0.25, 0.3) is 0 Å². The van der Waals surface area contributed by atoms with Gasteiger partial charge in [-0.15, -0.1) is 0 Å². The molecule has 2 N–H and O–H groups in total. The van der Waals surface area contributed by atoms with Crippen LogP contribution in [0.15, 0.2) is 48.9 Å². The van der Waals surface area contributed by atoms with Gasteiger partial charge >= 0.3 is 5.97 Å². The molecular formula is C28H31ClFN7O4. The van der Waals surface area contributed by atoms with Crippen LogP contribution < -0.4 is 15.5 Å². The van der Waals surface area contributed by atoms with Gasteiger partial charge in [-0.2, -0.15) is 0 Å². The molecule has 2 aromatic heterocycles. The molecule has 3 aromatic rings. The molecule has 1 aliphatic heterocycles. The summed E-state index contributed by atoms with van der Waals surface area (Å²) in [4.78, 5) is 54.7. The van der Waals surface area contributed by atoms with Crippen molar-refractivity contribution in [3.05, 3.63) is 71.0 Å². The van der Waals surface area contributed by atoms with Gasteiger partial charge in [-0.25, -0.2) is 19.3 Å². The number of carbonyl (C=O) groups excluding carboxylic acids is 3. The number of anilines is 3. The smallest absolute Gasteiger partial charge is 0.320 e. The molecule has 0 bridgehead atoms. The molecule has 1 aliphatic rings. The van der Waals surface area contributed by atoms with E-state index in [1.807, 2.05) is 30.6 Å². The first-order valence-corrected chi connectivity index (χ1v) is 13.4. The first-order chi connectivity index (χ1) is 19.5. The molecule has 0 unspecified atom stereocenters. The molecule has 11 nitrogen and oxygen atoms in total. The number of rotatable bonds is 7. The van der Waals surface area contributed by atoms with Gasteiger partial charge in [0.15, 0.2) is 0 Å². The number of hydrogen-bond acceptors (Lipinski definition) is 9. The molecule has 4 rings (SSSR count). The summed E-state index contributed by atoms with van der Waals surface area (Å²) in [5.41, 5.74) is -0.519. The minimum Gasteiger partial charge on any atom is -0.459 e. The van der Waals surface area contributed by atoms with Crippen molar-refractivity contribution in [2.75, 3.05) is 48.3 Å². The third kappa shape index (κ3) is 8.66. The lowest BCUT2D eigenvalue weighted by Crippen LogP contribution is -2.37. The van der Waals surface area contributed by atoms with Crippen molar-refractivity contribution in [1.82, 2.24) is 19.9 Å². The van der Waals surface area contributed by atoms with Crippen molar-refractivity contribution >= 4 is 46.7 Å². The fraction of sp³-hybridized carbons (Fsp3) is 0.357. The predicted molar refractivity (Wildman–Crippen MR) is 153 cm³/mol. The monoisotopic (exact) mass is 583 g/mol. The fourth-order valence-corrected chi connectivity index (χ4v) is 4.26. The van der Waals surface area contributed by atoms with E-state index < -0.39 is 23.2 Å². The third-order valence-electron chi connectivity index (χ3n) is 6.00. The van der Waals surface area contributed by atoms with Gasteiger partial charge in [0.1, 0.15) is 28.7 Å². The third-order valence-corrected chi connectivity index (χ3v) is 6.22. The van der Waals surface area contributed by atoms with Gasteiger partial charge in [-0.05, 0) is 57.5 Å². The summed E-state index contributed by atoms with van der Waals surface area (Å²) in [6.07, 6.45) is 5.02. The van der Waals surface area contributed by atoms with Crippen LogP contribution >= 0.6 is 11.6 Å². The average Bonchev–Trinajstić information content (AvgIpc) is 3.15. The van der Waals surface area contributed by atoms with Gasteiger partial charge in [0.05, 0.1) is 35.2 Å². The molecule has 0 radical (unpaired) electrons. The predicted octanol–water partition coefficient (Wildman–Crippen LogP) is 4.02. The molecule has 1 fully saturated rings. The van der Waals surface area contributed by atoms with Crippen LogP contribution in [0, 0.1) is 5.82 Å². The summed E-state index contributed by atoms with van der Waals surface area (Å²) in [5.74, 6) is -1.39. The zero-order valence-corrected chi connectivity index (χ0v) is 23.7. The molecular weight excluding hydrogens is 553 g/mol. The largest absolute Gasteiger partial charge is 0.459 e. The van der Waals surface area contributed by atoms with E-state index in [1.165, 1.54) is 30.7 Å². The van der Waals surface area contributed by atoms with Crippen molar-refractivity contribution in [2.24, 2.45) is 0 Å². The van der Waals surface area contributed by atoms with E-state index in [0.29, 0.717) is 30.5 Å². The van der Waals surface area contributed by atoms with Crippen LogP contribution in [-0.4, -0.2) is 76.0 Å². The highest BCUT2D eigenvalue weighted by Crippen LogP contribution is 2.21. The van der Waals surface area contributed by atoms with Crippen LogP contribution in [0.5, 0.6) is 0 Å². The average molecular weight is 584 g/mol. The summed E-state index contributed by atoms with van der Waals surface area (Å²) >= 11 is 5.82. The number of benzene rings is 1. The van der Waals surface area contributed by atoms with Crippen molar-refractivity contribution in [3.63, 3.8) is 0 Å². The van der Waals surface area contributed by atoms with Crippen molar-refractivity contribution < 1.29 is 23.5 Å². The summed E-state index contributed by atoms with van der Waals surface area (Å²) in [6.45, 7) is 8.46. The number of amides is 2. The van der Waals surface area contributed by atoms with Crippen molar-refractivity contribution in [3.8, 4) is 0 Å². The minimum absolute atomic E-state index is 0.0187. The van der Waals surface area contributed by atoms with Crippen LogP contribution in [0.4, 0.5) is 21.7 Å². The highest BCUT2D eigenvalue weighted by atomic mass is 35.5. The van der Waals surface area contributed by atoms with Crippen LogP contribution in [0.1, 0.15) is 48.0 Å². The molecule has 0 spiro atoms. The standard InChI is InChI=1S/C28H31ClFN7O4/c1-28(2,3)41-25(38)17-36-9-4-10-37(12-11-36)24-16-31-22(15-33-24)27(40)34-21-7-6-19(30)13-20(21)26(39)35-23-8-5-18(29)14-32-23/h5-8,13-16H,4,9-12,17H2,1-3H3,(H,34,40)(H,32,35,39). The molecule has 3 heterocycles. The summed E-state index contributed by atoms with van der Waals surface area (Å²) in [5, 5.41) is 5.55. The van der Waals surface area contributed by atoms with Crippen molar-refractivity contribution in [1.29, 1.82) is 0 Å². The number of halogens is 2. The van der Waals surface area contributed by atoms with Crippen LogP contribution in [-0.2, 0) is 9.53 Å². The Morgan fingerprint density at radius 3 is 2.44 bits per heavy atom. The Balaban J connectivity index is 1.38. The first-order valence-electron chi connectivity index (χ1n) is 13.0. The second kappa shape index (κ2) is 13.0. The number of aromatic nitrogens is 3. The van der Waals surface area contributed by atoms with Gasteiger partial charge in [-0.1, -0.05) is 11.6 Å². The number of carbonyl (C=O) groups is 3. The maximum atomic E-state index is 14.0. The Hall–Kier alpha value is -4.16. The van der Waals surface area contributed by atoms with Crippen molar-refractivity contribution in [2.45, 2.75) is 32.8 Å². The van der Waals surface area contributed by atoms with Crippen LogP contribution in [0.3, 0.4) is 0 Å². The van der Waals surface area contributed by atoms with E-state index in [-0.39, 0.29) is 35.3 Å². The van der Waals surface area contributed by atoms with Gasteiger partial charge in [0.25, 0.3) is 11.8 Å². The Bertz CT molecular complexity index is 1400. The lowest BCUT2D eigenvalue weighted by atomic mass is 10.1. The summed E-state index contributed by atoms with van der Waals surface area (Å²) in [6, 6.07) is 6.48. The number of nitrogens with zero attached hydrogens (tertiary/aromatic N) is 5. The molecule has 1 saturated heterocycles. The lowest BCUT2D eigenvalue weighted by Gasteiger charge is -2.24. The fourth-order valence-electron chi connectivity index (χ4n) is 4.15. The van der Waals surface area contributed by atoms with E-state index in [0.717, 1.165) is 25.1 Å². The molecule has 0 atom stereocenters. The maximum Gasteiger partial charge on any atom is 0.320 e. The summed E-state index contributed by atoms with van der Waals surface area (Å²) < 4.78 is 19.4. The van der Waals surface area contributed by atoms with E-state index in [9.17, 15) is 18.8 Å². The van der Waals surface area contributed by atoms with Crippen LogP contribution in [0.2, 0.25) is 5.02 Å². The number of pyridine rings is 1. The van der Waals surface area contributed by atoms with Gasteiger partial charge in [0.2, 0.25) is 0 Å². The molecule has 13 heteroatoms. The highest BCUT2D eigenvalue weighted by molar-refractivity contribution is 6.30. The number of esters is 1. The van der Waals surface area contributed by atoms with Gasteiger partial charge in [-0.3, -0.25) is 19.3 Å². The summed E-state index contributed by atoms with van der Waals surface area (Å²) in [7, 11) is 0. The molecule has 0 saturated carbocycles. The maximum absolute atomic E-state index is 14.0. The molecule has 1 aromatic carbocycles. The second-order valence-electron chi connectivity index (χ2n) is 10.4. The van der Waals surface area contributed by atoms with E-state index in [2.05, 4.69) is 25.6 Å². The topological polar surface area (TPSA) is 130 Å². The van der Waals surface area contributed by atoms with E-state index in [4.69, 9.17) is 16.3 Å². The SMILES string of the molecule is CC(C)(C)OC(=O)CN1CCCN(c2cnc(C(=O)Nc3ccc(F)cc3C(=O)Nc3ccc(Cl)cn3)cn2)CC1. The van der Waals surface area contributed by atoms with E-state index >= 15 is 0 Å². The second-order valence-corrected chi connectivity index (χ2v) is 10.9. The Kier molecular flexibility index (Phi) is 9.46. The molecule has 2 amide bonds. The zero-order chi connectivity index (χ0) is 29.6. The molecule has 0 aliphatic carbocycles. The Labute approximate surface area is 242 Å². The van der Waals surface area contributed by atoms with Gasteiger partial charge < -0.3 is 20.3 Å². The quantitative estimate of drug-likeness (QED) is 0.396. The Morgan fingerprint density at radius 2 is 1.76 bits per heavy atom. The number of hydrogen-bond donors (Lipinski definition) is 2. The normalized spacial score (nSPS) is 14.2. The lowest BCUT2D eigenvalue weighted by molar-refractivity contribution is -0.156. The molecule has 216 valence electrons. The highest BCUT2D eigenvalue weighted by Gasteiger charge is 2.23. The molecule has 41 heavy (non-hydrogen) atoms. The van der Waals surface area contributed by atoms with Gasteiger partial charge in [0, 0.05) is 32.4 Å². The number of ether oxygens (including phenoxy) is 1. The minimum atomic E-state index is -0.669. The van der Waals surface area contributed by atoms with E-state index in [1.54, 1.807) is 6.07 Å². The number of nitrogens with one attached hydrogen (secondary N) is 2. The first kappa shape index (κ1) is 29.8.